The van der Waals surface area contributed by atoms with Crippen LogP contribution in [0.25, 0.3) is 0 Å². The Morgan fingerprint density at radius 3 is 1.52 bits per heavy atom. The van der Waals surface area contributed by atoms with Gasteiger partial charge in [0.05, 0.1) is 0 Å². The quantitative estimate of drug-likeness (QED) is 0.374. The first kappa shape index (κ1) is 20.9. The normalized spacial score (nSPS) is 12.0. The van der Waals surface area contributed by atoms with Crippen molar-refractivity contribution in [3.63, 3.8) is 0 Å². The number of unbranched alkanes of at least 4 members (excludes halogenated alkanes) is 11. The molecule has 0 aliphatic heterocycles. The molecule has 128 valence electrons. The fourth-order valence-corrected chi connectivity index (χ4v) is 2.63. The first-order valence-electron chi connectivity index (χ1n) is 9.56. The first-order valence-corrected chi connectivity index (χ1v) is 9.56. The standard InChI is InChI=1S/C19H42N2/c1-4-5-6-7-8-9-10-11-12-13-14-15-17-21-18-16-19(2,3)20/h21H,4-18,20H2,1-3H3. The Hall–Kier alpha value is -0.0800. The summed E-state index contributed by atoms with van der Waals surface area (Å²) in [5.74, 6) is 0. The Balaban J connectivity index is 3.00. The van der Waals surface area contributed by atoms with Crippen LogP contribution in [0.1, 0.15) is 104 Å². The Bertz CT molecular complexity index is 196. The molecule has 0 aliphatic rings. The van der Waals surface area contributed by atoms with Gasteiger partial charge >= 0.3 is 0 Å². The van der Waals surface area contributed by atoms with Crippen LogP contribution in [0.2, 0.25) is 0 Å². The van der Waals surface area contributed by atoms with Crippen molar-refractivity contribution >= 4 is 0 Å². The molecule has 0 fully saturated rings. The van der Waals surface area contributed by atoms with Crippen LogP contribution in [-0.4, -0.2) is 18.6 Å². The zero-order valence-electron chi connectivity index (χ0n) is 15.2. The molecule has 0 saturated heterocycles. The maximum atomic E-state index is 5.95. The lowest BCUT2D eigenvalue weighted by atomic mass is 10.0. The molecular weight excluding hydrogens is 256 g/mol. The summed E-state index contributed by atoms with van der Waals surface area (Å²) in [6, 6.07) is 0. The van der Waals surface area contributed by atoms with Crippen molar-refractivity contribution in [1.82, 2.24) is 5.32 Å². The van der Waals surface area contributed by atoms with Crippen molar-refractivity contribution in [2.75, 3.05) is 13.1 Å². The molecule has 0 rings (SSSR count). The van der Waals surface area contributed by atoms with Gasteiger partial charge in [-0.1, -0.05) is 77.6 Å². The third-order valence-corrected chi connectivity index (χ3v) is 4.15. The van der Waals surface area contributed by atoms with Gasteiger partial charge < -0.3 is 11.1 Å². The van der Waals surface area contributed by atoms with Gasteiger partial charge in [0.25, 0.3) is 0 Å². The summed E-state index contributed by atoms with van der Waals surface area (Å²) in [4.78, 5) is 0. The molecule has 3 N–H and O–H groups in total. The average molecular weight is 299 g/mol. The highest BCUT2D eigenvalue weighted by Gasteiger charge is 2.08. The topological polar surface area (TPSA) is 38.0 Å². The summed E-state index contributed by atoms with van der Waals surface area (Å²) in [6.45, 7) is 8.69. The summed E-state index contributed by atoms with van der Waals surface area (Å²) >= 11 is 0. The van der Waals surface area contributed by atoms with Crippen molar-refractivity contribution in [3.8, 4) is 0 Å². The van der Waals surface area contributed by atoms with E-state index in [1.54, 1.807) is 0 Å². The molecule has 0 unspecified atom stereocenters. The highest BCUT2D eigenvalue weighted by Crippen LogP contribution is 2.11. The number of nitrogens with two attached hydrogens (primary N) is 1. The average Bonchev–Trinajstić information content (AvgIpc) is 2.42. The van der Waals surface area contributed by atoms with Gasteiger partial charge in [-0.25, -0.2) is 0 Å². The van der Waals surface area contributed by atoms with Gasteiger partial charge in [-0.2, -0.15) is 0 Å². The van der Waals surface area contributed by atoms with Gasteiger partial charge in [0.15, 0.2) is 0 Å². The molecule has 0 spiro atoms. The van der Waals surface area contributed by atoms with Crippen LogP contribution < -0.4 is 11.1 Å². The van der Waals surface area contributed by atoms with E-state index in [0.29, 0.717) is 0 Å². The summed E-state index contributed by atoms with van der Waals surface area (Å²) < 4.78 is 0. The van der Waals surface area contributed by atoms with E-state index in [1.807, 2.05) is 0 Å². The van der Waals surface area contributed by atoms with E-state index in [1.165, 1.54) is 77.0 Å². The van der Waals surface area contributed by atoms with Gasteiger partial charge in [-0.05, 0) is 39.8 Å². The lowest BCUT2D eigenvalue weighted by Gasteiger charge is -2.18. The summed E-state index contributed by atoms with van der Waals surface area (Å²) in [6.07, 6.45) is 18.1. The Labute approximate surface area is 134 Å². The largest absolute Gasteiger partial charge is 0.326 e. The molecule has 2 nitrogen and oxygen atoms in total. The minimum absolute atomic E-state index is 0.0243. The van der Waals surface area contributed by atoms with Crippen LogP contribution in [0.3, 0.4) is 0 Å². The summed E-state index contributed by atoms with van der Waals surface area (Å²) in [5, 5.41) is 3.50. The van der Waals surface area contributed by atoms with E-state index >= 15 is 0 Å². The number of rotatable bonds is 16. The predicted octanol–water partition coefficient (Wildman–Crippen LogP) is 5.40. The maximum absolute atomic E-state index is 5.95. The molecule has 0 aliphatic carbocycles. The van der Waals surface area contributed by atoms with Crippen LogP contribution in [-0.2, 0) is 0 Å². The number of hydrogen-bond donors (Lipinski definition) is 2. The SMILES string of the molecule is CCCCCCCCCCCCCCNCCC(C)(C)N. The van der Waals surface area contributed by atoms with Crippen molar-refractivity contribution in [2.24, 2.45) is 5.73 Å². The number of nitrogens with one attached hydrogen (secondary N) is 1. The minimum Gasteiger partial charge on any atom is -0.326 e. The van der Waals surface area contributed by atoms with Gasteiger partial charge in [0.1, 0.15) is 0 Å². The zero-order valence-corrected chi connectivity index (χ0v) is 15.2. The molecule has 2 heteroatoms. The molecule has 0 saturated carbocycles. The second-order valence-corrected chi connectivity index (χ2v) is 7.38. The second kappa shape index (κ2) is 14.8. The van der Waals surface area contributed by atoms with E-state index in [2.05, 4.69) is 26.1 Å². The molecule has 21 heavy (non-hydrogen) atoms. The molecule has 0 bridgehead atoms. The highest BCUT2D eigenvalue weighted by molar-refractivity contribution is 4.72. The Kier molecular flexibility index (Phi) is 14.8. The van der Waals surface area contributed by atoms with Crippen LogP contribution in [0.4, 0.5) is 0 Å². The Morgan fingerprint density at radius 2 is 1.10 bits per heavy atom. The van der Waals surface area contributed by atoms with Gasteiger partial charge in [0.2, 0.25) is 0 Å². The molecular formula is C19H42N2. The molecule has 0 atom stereocenters. The van der Waals surface area contributed by atoms with Gasteiger partial charge in [0, 0.05) is 5.54 Å². The van der Waals surface area contributed by atoms with Crippen LogP contribution >= 0.6 is 0 Å². The lowest BCUT2D eigenvalue weighted by Crippen LogP contribution is -2.35. The third kappa shape index (κ3) is 19.9. The first-order chi connectivity index (χ1) is 10.1. The molecule has 0 aromatic heterocycles. The molecule has 0 aromatic carbocycles. The van der Waals surface area contributed by atoms with E-state index in [9.17, 15) is 0 Å². The predicted molar refractivity (Wildman–Crippen MR) is 96.8 cm³/mol. The third-order valence-electron chi connectivity index (χ3n) is 4.15. The van der Waals surface area contributed by atoms with Crippen molar-refractivity contribution in [3.05, 3.63) is 0 Å². The minimum atomic E-state index is -0.0243. The van der Waals surface area contributed by atoms with Crippen molar-refractivity contribution in [2.45, 2.75) is 110 Å². The summed E-state index contributed by atoms with van der Waals surface area (Å²) in [5.41, 5.74) is 5.93. The van der Waals surface area contributed by atoms with E-state index in [-0.39, 0.29) is 5.54 Å². The monoisotopic (exact) mass is 298 g/mol. The van der Waals surface area contributed by atoms with E-state index in [0.717, 1.165) is 19.5 Å². The maximum Gasteiger partial charge on any atom is 0.0109 e. The van der Waals surface area contributed by atoms with Crippen LogP contribution in [0.5, 0.6) is 0 Å². The highest BCUT2D eigenvalue weighted by atomic mass is 14.9. The zero-order chi connectivity index (χ0) is 15.8. The van der Waals surface area contributed by atoms with E-state index < -0.39 is 0 Å². The Morgan fingerprint density at radius 1 is 0.667 bits per heavy atom. The lowest BCUT2D eigenvalue weighted by molar-refractivity contribution is 0.450. The fraction of sp³-hybridized carbons (Fsp3) is 1.00. The van der Waals surface area contributed by atoms with E-state index in [4.69, 9.17) is 5.73 Å². The van der Waals surface area contributed by atoms with Crippen molar-refractivity contribution < 1.29 is 0 Å². The number of hydrogen-bond acceptors (Lipinski definition) is 2. The van der Waals surface area contributed by atoms with Crippen LogP contribution in [0.15, 0.2) is 0 Å². The smallest absolute Gasteiger partial charge is 0.0109 e. The second-order valence-electron chi connectivity index (χ2n) is 7.38. The molecule has 0 amide bonds. The van der Waals surface area contributed by atoms with Gasteiger partial charge in [-0.15, -0.1) is 0 Å². The molecule has 0 radical (unpaired) electrons. The summed E-state index contributed by atoms with van der Waals surface area (Å²) in [7, 11) is 0. The fourth-order valence-electron chi connectivity index (χ4n) is 2.63. The molecule has 0 aromatic rings. The van der Waals surface area contributed by atoms with Crippen molar-refractivity contribution in [1.29, 1.82) is 0 Å². The molecule has 0 heterocycles. The van der Waals surface area contributed by atoms with Crippen LogP contribution in [0, 0.1) is 0 Å². The van der Waals surface area contributed by atoms with Gasteiger partial charge in [-0.3, -0.25) is 0 Å².